The van der Waals surface area contributed by atoms with Gasteiger partial charge in [-0.15, -0.1) is 0 Å². The van der Waals surface area contributed by atoms with E-state index in [-0.39, 0.29) is 0 Å². The van der Waals surface area contributed by atoms with Gasteiger partial charge in [0.05, 0.1) is 5.52 Å². The molecule has 2 aromatic carbocycles. The van der Waals surface area contributed by atoms with Crippen LogP contribution in [-0.2, 0) is 0 Å². The van der Waals surface area contributed by atoms with Crippen molar-refractivity contribution in [3.05, 3.63) is 64.8 Å². The Morgan fingerprint density at radius 1 is 1.14 bits per heavy atom. The lowest BCUT2D eigenvalue weighted by Gasteiger charge is -2.02. The average molecular weight is 293 g/mol. The maximum atomic E-state index is 12.7. The number of oxazole rings is 1. The van der Waals surface area contributed by atoms with Crippen molar-refractivity contribution in [3.63, 3.8) is 0 Å². The lowest BCUT2D eigenvalue weighted by molar-refractivity contribution is 0.0956. The number of carbonyl (C=O) groups excluding carboxylic acids is 1. The van der Waals surface area contributed by atoms with Crippen molar-refractivity contribution < 1.29 is 9.21 Å². The molecule has 108 valence electrons. The van der Waals surface area contributed by atoms with E-state index < -0.39 is 11.7 Å². The van der Waals surface area contributed by atoms with Gasteiger partial charge in [0.15, 0.2) is 5.58 Å². The average Bonchev–Trinajstić information content (AvgIpc) is 3.08. The van der Waals surface area contributed by atoms with Gasteiger partial charge in [0.25, 0.3) is 5.91 Å². The number of nitrogen functional groups attached to an aromatic ring is 1. The van der Waals surface area contributed by atoms with E-state index in [0.29, 0.717) is 22.4 Å². The molecular weight excluding hydrogens is 282 g/mol. The first-order valence-electron chi connectivity index (χ1n) is 6.66. The Morgan fingerprint density at radius 3 is 2.86 bits per heavy atom. The van der Waals surface area contributed by atoms with Crippen LogP contribution < -0.4 is 11.5 Å². The summed E-state index contributed by atoms with van der Waals surface area (Å²) in [7, 11) is 0. The second-order valence-electron chi connectivity index (χ2n) is 5.02. The number of nitrogens with zero attached hydrogens (tertiary/aromatic N) is 1. The van der Waals surface area contributed by atoms with Gasteiger partial charge in [-0.25, -0.2) is 9.36 Å². The molecule has 0 atom stereocenters. The monoisotopic (exact) mass is 293 g/mol. The number of aromatic amines is 1. The number of hydrogen-bond donors (Lipinski definition) is 2. The Labute approximate surface area is 123 Å². The Balaban J connectivity index is 1.92. The molecule has 22 heavy (non-hydrogen) atoms. The Kier molecular flexibility index (Phi) is 2.47. The maximum absolute atomic E-state index is 12.7. The van der Waals surface area contributed by atoms with Crippen LogP contribution in [0.25, 0.3) is 22.0 Å². The highest BCUT2D eigenvalue weighted by Gasteiger charge is 2.18. The van der Waals surface area contributed by atoms with Crippen LogP contribution in [0.15, 0.2) is 57.9 Å². The molecule has 0 unspecified atom stereocenters. The first-order chi connectivity index (χ1) is 10.6. The number of carbonyl (C=O) groups is 1. The van der Waals surface area contributed by atoms with Crippen LogP contribution in [0.4, 0.5) is 5.69 Å². The molecule has 4 rings (SSSR count). The molecule has 0 saturated carbocycles. The Hall–Kier alpha value is -3.28. The number of hydrogen-bond acceptors (Lipinski definition) is 4. The van der Waals surface area contributed by atoms with Crippen molar-refractivity contribution in [2.24, 2.45) is 0 Å². The molecule has 6 nitrogen and oxygen atoms in total. The van der Waals surface area contributed by atoms with Crippen molar-refractivity contribution >= 4 is 33.6 Å². The number of H-pyrrole nitrogens is 1. The van der Waals surface area contributed by atoms with E-state index in [9.17, 15) is 9.59 Å². The molecule has 6 heteroatoms. The SMILES string of the molecule is Nc1ccc2c(c1)oc(=O)n2C(=O)c1ccc2cc[nH]c2c1. The number of nitrogens with one attached hydrogen (secondary N) is 1. The van der Waals surface area contributed by atoms with E-state index in [1.54, 1.807) is 30.5 Å². The highest BCUT2D eigenvalue weighted by Crippen LogP contribution is 2.19. The van der Waals surface area contributed by atoms with Crippen molar-refractivity contribution in [1.29, 1.82) is 0 Å². The quantitative estimate of drug-likeness (QED) is 0.527. The zero-order valence-corrected chi connectivity index (χ0v) is 11.4. The van der Waals surface area contributed by atoms with Crippen LogP contribution in [0.3, 0.4) is 0 Å². The molecule has 4 aromatic rings. The number of fused-ring (bicyclic) bond motifs is 2. The smallest absolute Gasteiger partial charge is 0.407 e. The summed E-state index contributed by atoms with van der Waals surface area (Å²) in [5.74, 6) is -1.16. The van der Waals surface area contributed by atoms with E-state index in [0.717, 1.165) is 15.5 Å². The predicted molar refractivity (Wildman–Crippen MR) is 82.9 cm³/mol. The summed E-state index contributed by atoms with van der Waals surface area (Å²) in [6, 6.07) is 11.9. The number of benzene rings is 2. The molecular formula is C16H11N3O3. The van der Waals surface area contributed by atoms with Crippen LogP contribution in [0.2, 0.25) is 0 Å². The maximum Gasteiger partial charge on any atom is 0.427 e. The summed E-state index contributed by atoms with van der Waals surface area (Å²) in [5.41, 5.74) is 8.05. The van der Waals surface area contributed by atoms with Crippen molar-refractivity contribution in [3.8, 4) is 0 Å². The van der Waals surface area contributed by atoms with Crippen LogP contribution >= 0.6 is 0 Å². The summed E-state index contributed by atoms with van der Waals surface area (Å²) >= 11 is 0. The molecule has 0 bridgehead atoms. The van der Waals surface area contributed by atoms with E-state index in [1.165, 1.54) is 6.07 Å². The fraction of sp³-hybridized carbons (Fsp3) is 0. The van der Waals surface area contributed by atoms with Gasteiger partial charge >= 0.3 is 5.76 Å². The van der Waals surface area contributed by atoms with E-state index in [4.69, 9.17) is 10.2 Å². The van der Waals surface area contributed by atoms with Gasteiger partial charge in [-0.1, -0.05) is 6.07 Å². The second-order valence-corrected chi connectivity index (χ2v) is 5.02. The molecule has 2 heterocycles. The van der Waals surface area contributed by atoms with Crippen molar-refractivity contribution in [2.45, 2.75) is 0 Å². The number of nitrogens with two attached hydrogens (primary N) is 1. The molecule has 0 spiro atoms. The first kappa shape index (κ1) is 12.5. The van der Waals surface area contributed by atoms with Gasteiger partial charge in [-0.05, 0) is 35.7 Å². The number of rotatable bonds is 1. The Morgan fingerprint density at radius 2 is 2.00 bits per heavy atom. The van der Waals surface area contributed by atoms with Crippen LogP contribution in [0.5, 0.6) is 0 Å². The summed E-state index contributed by atoms with van der Waals surface area (Å²) in [4.78, 5) is 27.7. The Bertz CT molecular complexity index is 1080. The van der Waals surface area contributed by atoms with Crippen LogP contribution in [0, 0.1) is 0 Å². The minimum Gasteiger partial charge on any atom is -0.407 e. The fourth-order valence-corrected chi connectivity index (χ4v) is 2.54. The van der Waals surface area contributed by atoms with Gasteiger partial charge in [0.2, 0.25) is 0 Å². The minimum atomic E-state index is -0.725. The van der Waals surface area contributed by atoms with Crippen LogP contribution in [0.1, 0.15) is 10.4 Å². The highest BCUT2D eigenvalue weighted by molar-refractivity contribution is 6.03. The fourth-order valence-electron chi connectivity index (χ4n) is 2.54. The minimum absolute atomic E-state index is 0.291. The summed E-state index contributed by atoms with van der Waals surface area (Å²) < 4.78 is 6.11. The van der Waals surface area contributed by atoms with Gasteiger partial charge in [-0.3, -0.25) is 4.79 Å². The zero-order chi connectivity index (χ0) is 15.3. The van der Waals surface area contributed by atoms with Crippen LogP contribution in [-0.4, -0.2) is 15.5 Å². The topological polar surface area (TPSA) is 94.0 Å². The van der Waals surface area contributed by atoms with Gasteiger partial charge in [0, 0.05) is 29.0 Å². The third kappa shape index (κ3) is 1.74. The molecule has 0 radical (unpaired) electrons. The summed E-state index contributed by atoms with van der Waals surface area (Å²) in [5, 5.41) is 0.994. The third-order valence-corrected chi connectivity index (χ3v) is 3.61. The molecule has 0 amide bonds. The third-order valence-electron chi connectivity index (χ3n) is 3.61. The summed E-state index contributed by atoms with van der Waals surface area (Å²) in [6.45, 7) is 0. The van der Waals surface area contributed by atoms with E-state index >= 15 is 0 Å². The normalized spacial score (nSPS) is 11.3. The first-order valence-corrected chi connectivity index (χ1v) is 6.66. The van der Waals surface area contributed by atoms with Crippen molar-refractivity contribution in [2.75, 3.05) is 5.73 Å². The molecule has 0 aliphatic heterocycles. The summed E-state index contributed by atoms with van der Waals surface area (Å²) in [6.07, 6.45) is 1.79. The lowest BCUT2D eigenvalue weighted by atomic mass is 10.1. The molecule has 3 N–H and O–H groups in total. The zero-order valence-electron chi connectivity index (χ0n) is 11.4. The molecule has 0 saturated heterocycles. The standard InChI is InChI=1S/C16H11N3O3/c17-11-3-4-13-14(8-11)22-16(21)19(13)15(20)10-2-1-9-5-6-18-12(9)7-10/h1-8,18H,17H2. The molecule has 2 aromatic heterocycles. The second kappa shape index (κ2) is 4.36. The van der Waals surface area contributed by atoms with E-state index in [1.807, 2.05) is 12.1 Å². The predicted octanol–water partition coefficient (Wildman–Crippen LogP) is 2.35. The lowest BCUT2D eigenvalue weighted by Crippen LogP contribution is -2.23. The molecule has 0 aliphatic carbocycles. The molecule has 0 fully saturated rings. The van der Waals surface area contributed by atoms with Gasteiger partial charge in [0.1, 0.15) is 0 Å². The molecule has 0 aliphatic rings. The number of aromatic nitrogens is 2. The number of anilines is 1. The van der Waals surface area contributed by atoms with Gasteiger partial charge in [-0.2, -0.15) is 0 Å². The highest BCUT2D eigenvalue weighted by atomic mass is 16.4. The largest absolute Gasteiger partial charge is 0.427 e. The van der Waals surface area contributed by atoms with E-state index in [2.05, 4.69) is 4.98 Å². The van der Waals surface area contributed by atoms with Crippen molar-refractivity contribution in [1.82, 2.24) is 9.55 Å². The van der Waals surface area contributed by atoms with Gasteiger partial charge < -0.3 is 15.1 Å².